The van der Waals surface area contributed by atoms with Crippen molar-refractivity contribution in [1.82, 2.24) is 14.6 Å². The number of benzene rings is 1. The van der Waals surface area contributed by atoms with Crippen molar-refractivity contribution in [1.29, 1.82) is 5.26 Å². The number of H-pyrrole nitrogens is 1. The van der Waals surface area contributed by atoms with E-state index in [9.17, 15) is 14.9 Å². The van der Waals surface area contributed by atoms with Crippen molar-refractivity contribution in [3.8, 4) is 17.5 Å². The molecule has 190 valence electrons. The first-order chi connectivity index (χ1) is 16.9. The predicted octanol–water partition coefficient (Wildman–Crippen LogP) is 6.29. The van der Waals surface area contributed by atoms with Gasteiger partial charge in [-0.3, -0.25) is 9.89 Å². The van der Waals surface area contributed by atoms with Crippen LogP contribution in [0.15, 0.2) is 30.3 Å². The normalized spacial score (nSPS) is 22.8. The highest BCUT2D eigenvalue weighted by Gasteiger charge is 2.48. The number of aldehydes is 1. The van der Waals surface area contributed by atoms with Crippen LogP contribution < -0.4 is 0 Å². The second-order valence-corrected chi connectivity index (χ2v) is 12.4. The van der Waals surface area contributed by atoms with Crippen molar-refractivity contribution < 1.29 is 14.3 Å². The van der Waals surface area contributed by atoms with E-state index in [-0.39, 0.29) is 51.2 Å². The summed E-state index contributed by atoms with van der Waals surface area (Å²) in [5.41, 5.74) is 0.968. The summed E-state index contributed by atoms with van der Waals surface area (Å²) in [7, 11) is 0. The van der Waals surface area contributed by atoms with Gasteiger partial charge >= 0.3 is 5.97 Å². The molecular formula is C29H36N4O3. The van der Waals surface area contributed by atoms with Gasteiger partial charge < -0.3 is 4.74 Å². The van der Waals surface area contributed by atoms with Crippen molar-refractivity contribution >= 4 is 17.9 Å². The van der Waals surface area contributed by atoms with Crippen LogP contribution in [0.25, 0.3) is 17.0 Å². The minimum absolute atomic E-state index is 0.0165. The summed E-state index contributed by atoms with van der Waals surface area (Å²) in [4.78, 5) is 30.5. The predicted molar refractivity (Wildman–Crippen MR) is 139 cm³/mol. The number of hydrogen-bond donors (Lipinski definition) is 1. The molecule has 1 saturated carbocycles. The number of aromatic nitrogens is 3. The first-order valence-electron chi connectivity index (χ1n) is 12.6. The Balaban J connectivity index is 1.82. The third kappa shape index (κ3) is 4.57. The lowest BCUT2D eigenvalue weighted by Crippen LogP contribution is -2.49. The summed E-state index contributed by atoms with van der Waals surface area (Å²) in [6.07, 6.45) is 2.19. The van der Waals surface area contributed by atoms with Gasteiger partial charge in [0.15, 0.2) is 17.8 Å². The number of fused-ring (bicyclic) bond motifs is 1. The maximum Gasteiger partial charge on any atom is 0.343 e. The van der Waals surface area contributed by atoms with Gasteiger partial charge in [-0.1, -0.05) is 78.8 Å². The number of esters is 1. The van der Waals surface area contributed by atoms with Gasteiger partial charge in [0.2, 0.25) is 0 Å². The summed E-state index contributed by atoms with van der Waals surface area (Å²) in [5.74, 6) is 0.723. The Labute approximate surface area is 212 Å². The smallest absolute Gasteiger partial charge is 0.343 e. The zero-order chi connectivity index (χ0) is 26.4. The lowest BCUT2D eigenvalue weighted by Gasteiger charge is -2.50. The molecule has 0 saturated heterocycles. The summed E-state index contributed by atoms with van der Waals surface area (Å²) in [5, 5.41) is 13.0. The van der Waals surface area contributed by atoms with E-state index in [4.69, 9.17) is 4.74 Å². The van der Waals surface area contributed by atoms with E-state index < -0.39 is 5.97 Å². The monoisotopic (exact) mass is 488 g/mol. The average molecular weight is 489 g/mol. The molecule has 1 N–H and O–H groups in total. The van der Waals surface area contributed by atoms with Crippen molar-refractivity contribution in [2.24, 2.45) is 28.6 Å². The lowest BCUT2D eigenvalue weighted by molar-refractivity contribution is -0.0922. The minimum Gasteiger partial charge on any atom is -0.458 e. The van der Waals surface area contributed by atoms with E-state index in [0.29, 0.717) is 18.0 Å². The number of nitriles is 1. The Kier molecular flexibility index (Phi) is 6.59. The molecule has 3 aromatic rings. The molecule has 1 aliphatic rings. The molecule has 1 fully saturated rings. The number of rotatable bonds is 4. The van der Waals surface area contributed by atoms with Crippen LogP contribution in [-0.2, 0) is 4.74 Å². The quantitative estimate of drug-likeness (QED) is 0.343. The molecule has 0 amide bonds. The molecule has 36 heavy (non-hydrogen) atoms. The molecule has 0 radical (unpaired) electrons. The zero-order valence-corrected chi connectivity index (χ0v) is 22.3. The van der Waals surface area contributed by atoms with Crippen LogP contribution in [0, 0.1) is 39.9 Å². The van der Waals surface area contributed by atoms with Crippen LogP contribution in [0.4, 0.5) is 0 Å². The number of nitrogens with zero attached hydrogens (tertiary/aromatic N) is 3. The standard InChI is InChI=1S/C29H36N4O3/c1-17-13-20(28(2,3)4)24(21(14-17)29(5,6)7)36-27(35)23-19(15-30)22(16-34)33-26(23)31-25(32-33)18-11-9-8-10-12-18/h8-12,16-17,20-21,24H,13-14H2,1-7H3,(H,31,32). The number of hydrogen-bond acceptors (Lipinski definition) is 5. The largest absolute Gasteiger partial charge is 0.458 e. The zero-order valence-electron chi connectivity index (χ0n) is 22.3. The Morgan fingerprint density at radius 1 is 1.11 bits per heavy atom. The Hall–Kier alpha value is -3.40. The van der Waals surface area contributed by atoms with E-state index in [2.05, 4.69) is 58.5 Å². The summed E-state index contributed by atoms with van der Waals surface area (Å²) in [6.45, 7) is 15.4. The van der Waals surface area contributed by atoms with E-state index in [1.165, 1.54) is 4.52 Å². The van der Waals surface area contributed by atoms with Crippen molar-refractivity contribution in [2.45, 2.75) is 67.4 Å². The molecule has 2 atom stereocenters. The number of carbonyl (C=O) groups is 2. The van der Waals surface area contributed by atoms with Crippen LogP contribution >= 0.6 is 0 Å². The fraction of sp³-hybridized carbons (Fsp3) is 0.517. The summed E-state index contributed by atoms with van der Waals surface area (Å²) < 4.78 is 7.77. The first kappa shape index (κ1) is 25.7. The topological polar surface area (TPSA) is 100 Å². The highest BCUT2D eigenvalue weighted by atomic mass is 16.5. The first-order valence-corrected chi connectivity index (χ1v) is 12.6. The Bertz CT molecular complexity index is 1290. The molecule has 2 heterocycles. The van der Waals surface area contributed by atoms with Gasteiger partial charge in [0.05, 0.1) is 5.56 Å². The number of carbonyl (C=O) groups excluding carboxylic acids is 2. The molecule has 2 unspecified atom stereocenters. The molecule has 0 spiro atoms. The molecule has 4 rings (SSSR count). The lowest BCUT2D eigenvalue weighted by atomic mass is 9.59. The van der Waals surface area contributed by atoms with Crippen molar-refractivity contribution in [3.05, 3.63) is 47.2 Å². The number of aromatic amines is 1. The van der Waals surface area contributed by atoms with E-state index in [0.717, 1.165) is 18.4 Å². The van der Waals surface area contributed by atoms with Crippen LogP contribution in [0.5, 0.6) is 0 Å². The summed E-state index contributed by atoms with van der Waals surface area (Å²) in [6, 6.07) is 11.5. The van der Waals surface area contributed by atoms with Gasteiger partial charge in [0.25, 0.3) is 0 Å². The van der Waals surface area contributed by atoms with E-state index >= 15 is 0 Å². The van der Waals surface area contributed by atoms with Gasteiger partial charge in [0.1, 0.15) is 23.4 Å². The van der Waals surface area contributed by atoms with E-state index in [1.54, 1.807) is 0 Å². The number of ether oxygens (including phenoxy) is 1. The molecule has 7 heteroatoms. The molecule has 0 aliphatic heterocycles. The van der Waals surface area contributed by atoms with Gasteiger partial charge in [-0.25, -0.2) is 14.3 Å². The van der Waals surface area contributed by atoms with E-state index in [1.807, 2.05) is 36.4 Å². The highest BCUT2D eigenvalue weighted by Crippen LogP contribution is 2.50. The fourth-order valence-corrected chi connectivity index (χ4v) is 5.73. The molecule has 7 nitrogen and oxygen atoms in total. The molecule has 2 aromatic heterocycles. The minimum atomic E-state index is -0.605. The second-order valence-electron chi connectivity index (χ2n) is 12.4. The Morgan fingerprint density at radius 3 is 2.19 bits per heavy atom. The second kappa shape index (κ2) is 9.24. The third-order valence-corrected chi connectivity index (χ3v) is 7.67. The Morgan fingerprint density at radius 2 is 1.69 bits per heavy atom. The van der Waals surface area contributed by atoms with Gasteiger partial charge in [-0.05, 0) is 29.6 Å². The van der Waals surface area contributed by atoms with Crippen LogP contribution in [-0.4, -0.2) is 33.0 Å². The third-order valence-electron chi connectivity index (χ3n) is 7.67. The molecule has 1 aliphatic carbocycles. The van der Waals surface area contributed by atoms with Gasteiger partial charge in [-0.15, -0.1) is 0 Å². The molecule has 0 bridgehead atoms. The molecule has 1 aromatic carbocycles. The SMILES string of the molecule is CC1CC(C(C)(C)C)C(OC(=O)c2c(C#N)c(C=O)n3[nH]c(-c4ccccc4)nc23)C(C(C)(C)C)C1. The van der Waals surface area contributed by atoms with Crippen molar-refractivity contribution in [2.75, 3.05) is 0 Å². The number of nitrogens with one attached hydrogen (secondary N) is 1. The van der Waals surface area contributed by atoms with Crippen LogP contribution in [0.3, 0.4) is 0 Å². The van der Waals surface area contributed by atoms with Crippen LogP contribution in [0.2, 0.25) is 0 Å². The maximum absolute atomic E-state index is 13.9. The maximum atomic E-state index is 13.9. The summed E-state index contributed by atoms with van der Waals surface area (Å²) >= 11 is 0. The fourth-order valence-electron chi connectivity index (χ4n) is 5.73. The average Bonchev–Trinajstić information content (AvgIpc) is 3.35. The van der Waals surface area contributed by atoms with Gasteiger partial charge in [-0.2, -0.15) is 5.26 Å². The highest BCUT2D eigenvalue weighted by molar-refractivity contribution is 6.02. The molecular weight excluding hydrogens is 452 g/mol. The van der Waals surface area contributed by atoms with Crippen molar-refractivity contribution in [3.63, 3.8) is 0 Å². The van der Waals surface area contributed by atoms with Gasteiger partial charge in [0, 0.05) is 17.4 Å². The van der Waals surface area contributed by atoms with Crippen LogP contribution in [0.1, 0.15) is 87.7 Å².